The monoisotopic (exact) mass is 606 g/mol. The number of nitrogens with zero attached hydrogens (tertiary/aromatic N) is 3. The lowest BCUT2D eigenvalue weighted by atomic mass is 9.94. The first-order valence-corrected chi connectivity index (χ1v) is 12.3. The van der Waals surface area contributed by atoms with Crippen molar-refractivity contribution in [2.24, 2.45) is 0 Å². The van der Waals surface area contributed by atoms with Crippen molar-refractivity contribution in [3.8, 4) is 17.4 Å². The number of benzene rings is 3. The highest BCUT2D eigenvalue weighted by atomic mass is 19.4. The second kappa shape index (κ2) is 10.6. The van der Waals surface area contributed by atoms with E-state index in [9.17, 15) is 51.8 Å². The number of hydrogen-bond donors (Lipinski definition) is 4. The minimum absolute atomic E-state index is 0.000706. The van der Waals surface area contributed by atoms with Gasteiger partial charge in [-0.1, -0.05) is 24.3 Å². The Labute approximate surface area is 238 Å². The zero-order valence-corrected chi connectivity index (χ0v) is 21.5. The molecule has 0 amide bonds. The van der Waals surface area contributed by atoms with Crippen molar-refractivity contribution < 1.29 is 46.6 Å². The molecule has 0 bridgehead atoms. The molecular weight excluding hydrogens is 586 g/mol. The maximum absolute atomic E-state index is 13.6. The zero-order valence-electron chi connectivity index (χ0n) is 21.5. The number of halogens is 6. The number of hydrazine groups is 1. The fourth-order valence-corrected chi connectivity index (χ4v) is 4.72. The molecule has 15 heteroatoms. The molecule has 224 valence electrons. The molecule has 9 nitrogen and oxygen atoms in total. The molecule has 1 aliphatic rings. The third-order valence-corrected chi connectivity index (χ3v) is 6.75. The van der Waals surface area contributed by atoms with Gasteiger partial charge in [0.05, 0.1) is 39.0 Å². The van der Waals surface area contributed by atoms with Crippen molar-refractivity contribution in [2.75, 3.05) is 10.4 Å². The predicted molar refractivity (Wildman–Crippen MR) is 143 cm³/mol. The van der Waals surface area contributed by atoms with Crippen molar-refractivity contribution >= 4 is 23.1 Å². The Bertz CT molecular complexity index is 1670. The lowest BCUT2D eigenvalue weighted by molar-refractivity contribution is -0.384. The van der Waals surface area contributed by atoms with Crippen LogP contribution in [-0.4, -0.2) is 30.9 Å². The number of alkyl halides is 6. The Morgan fingerprint density at radius 3 is 1.98 bits per heavy atom. The number of fused-ring (bicyclic) bond motifs is 1. The first-order chi connectivity index (χ1) is 20.2. The zero-order chi connectivity index (χ0) is 31.3. The highest BCUT2D eigenvalue weighted by molar-refractivity contribution is 5.84. The van der Waals surface area contributed by atoms with E-state index in [1.54, 1.807) is 30.3 Å². The smallest absolute Gasteiger partial charge is 0.416 e. The molecule has 1 aliphatic heterocycles. The first kappa shape index (κ1) is 29.3. The number of rotatable bonds is 6. The number of aliphatic hydroxyl groups excluding tert-OH is 1. The summed E-state index contributed by atoms with van der Waals surface area (Å²) in [5, 5.41) is 45.7. The van der Waals surface area contributed by atoms with E-state index >= 15 is 0 Å². The van der Waals surface area contributed by atoms with Gasteiger partial charge in [0, 0.05) is 12.1 Å². The topological polar surface area (TPSA) is 124 Å². The number of nitro benzene ring substituents is 1. The normalized spacial score (nSPS) is 15.7. The highest BCUT2D eigenvalue weighted by Gasteiger charge is 2.40. The average molecular weight is 606 g/mol. The maximum Gasteiger partial charge on any atom is 0.416 e. The van der Waals surface area contributed by atoms with Crippen molar-refractivity contribution in [1.82, 2.24) is 4.57 Å². The van der Waals surface area contributed by atoms with Crippen LogP contribution in [0.3, 0.4) is 0 Å². The number of para-hydroxylation sites is 1. The van der Waals surface area contributed by atoms with E-state index in [-0.39, 0.29) is 28.7 Å². The molecule has 3 aromatic carbocycles. The molecule has 4 N–H and O–H groups in total. The van der Waals surface area contributed by atoms with Gasteiger partial charge in [-0.3, -0.25) is 20.5 Å². The Kier molecular flexibility index (Phi) is 7.21. The van der Waals surface area contributed by atoms with Crippen molar-refractivity contribution in [2.45, 2.75) is 24.5 Å². The van der Waals surface area contributed by atoms with Crippen LogP contribution in [0, 0.1) is 10.1 Å². The highest BCUT2D eigenvalue weighted by Crippen LogP contribution is 2.48. The predicted octanol–water partition coefficient (Wildman–Crippen LogP) is 6.80. The fourth-order valence-electron chi connectivity index (χ4n) is 4.72. The number of non-ortho nitro benzene ring substituents is 1. The van der Waals surface area contributed by atoms with E-state index in [1.807, 2.05) is 0 Å². The van der Waals surface area contributed by atoms with Gasteiger partial charge in [0.2, 0.25) is 11.8 Å². The molecular formula is C28H20F6N4O5. The molecule has 0 fully saturated rings. The van der Waals surface area contributed by atoms with Crippen molar-refractivity contribution in [1.29, 1.82) is 0 Å². The molecule has 2 atom stereocenters. The lowest BCUT2D eigenvalue weighted by Gasteiger charge is -2.37. The van der Waals surface area contributed by atoms with E-state index < -0.39 is 57.9 Å². The van der Waals surface area contributed by atoms with Gasteiger partial charge >= 0.3 is 12.4 Å². The van der Waals surface area contributed by atoms with E-state index in [0.29, 0.717) is 17.8 Å². The molecule has 43 heavy (non-hydrogen) atoms. The van der Waals surface area contributed by atoms with E-state index in [4.69, 9.17) is 0 Å². The second-order valence-electron chi connectivity index (χ2n) is 9.50. The van der Waals surface area contributed by atoms with Gasteiger partial charge < -0.3 is 15.3 Å². The molecule has 0 saturated heterocycles. The van der Waals surface area contributed by atoms with Crippen LogP contribution in [0.15, 0.2) is 78.9 Å². The van der Waals surface area contributed by atoms with E-state index in [1.165, 1.54) is 24.3 Å². The van der Waals surface area contributed by atoms with Gasteiger partial charge in [-0.2, -0.15) is 26.3 Å². The largest absolute Gasteiger partial charge is 0.494 e. The van der Waals surface area contributed by atoms with Gasteiger partial charge in [-0.05, 0) is 54.1 Å². The number of aromatic hydroxyl groups is 2. The van der Waals surface area contributed by atoms with Crippen LogP contribution in [0.5, 0.6) is 11.8 Å². The fraction of sp³-hybridized carbons (Fsp3) is 0.143. The number of anilines is 2. The number of aromatic nitrogens is 1. The molecule has 0 aliphatic carbocycles. The summed E-state index contributed by atoms with van der Waals surface area (Å²) in [5.41, 5.74) is -1.23. The van der Waals surface area contributed by atoms with Crippen LogP contribution in [0.1, 0.15) is 28.4 Å². The van der Waals surface area contributed by atoms with Crippen molar-refractivity contribution in [3.05, 3.63) is 111 Å². The minimum atomic E-state index is -5.17. The quantitative estimate of drug-likeness (QED) is 0.108. The third kappa shape index (κ3) is 5.53. The standard InChI is InChI=1S/C28H20F6N4O5/c29-27(30,31)16-12-15(13-17(14-16)28(32,33)34)24(39)22-11-10-21-23(26(41)36(25(21)40)19-4-2-1-3-5-19)37(22)35-18-6-8-20(9-7-18)38(42)43/h1-14,22,24,35,39-41H. The summed E-state index contributed by atoms with van der Waals surface area (Å²) in [7, 11) is 0. The molecule has 0 radical (unpaired) electrons. The van der Waals surface area contributed by atoms with E-state index in [0.717, 1.165) is 21.7 Å². The second-order valence-corrected chi connectivity index (χ2v) is 9.50. The number of aliphatic hydroxyl groups is 1. The molecule has 4 aromatic rings. The summed E-state index contributed by atoms with van der Waals surface area (Å²) in [6.45, 7) is 0. The number of hydrogen-bond acceptors (Lipinski definition) is 7. The Hall–Kier alpha value is -5.18. The summed E-state index contributed by atoms with van der Waals surface area (Å²) in [6, 6.07) is 12.0. The molecule has 2 unspecified atom stereocenters. The lowest BCUT2D eigenvalue weighted by Crippen LogP contribution is -2.44. The Morgan fingerprint density at radius 1 is 0.860 bits per heavy atom. The molecule has 2 heterocycles. The maximum atomic E-state index is 13.6. The molecule has 5 rings (SSSR count). The SMILES string of the molecule is O=[N+]([O-])c1ccc(NN2c3c(c(O)n(-c4ccccc4)c3O)C=CC2C(O)c2cc(C(F)(F)F)cc(C(F)(F)F)c2)cc1. The molecule has 1 aromatic heterocycles. The Morgan fingerprint density at radius 2 is 1.44 bits per heavy atom. The van der Waals surface area contributed by atoms with E-state index in [2.05, 4.69) is 5.43 Å². The summed E-state index contributed by atoms with van der Waals surface area (Å²) < 4.78 is 82.4. The van der Waals surface area contributed by atoms with Crippen LogP contribution in [-0.2, 0) is 12.4 Å². The summed E-state index contributed by atoms with van der Waals surface area (Å²) in [5.74, 6) is -1.05. The van der Waals surface area contributed by atoms with Crippen molar-refractivity contribution in [3.63, 3.8) is 0 Å². The van der Waals surface area contributed by atoms with Gasteiger partial charge in [-0.15, -0.1) is 0 Å². The summed E-state index contributed by atoms with van der Waals surface area (Å²) >= 11 is 0. The van der Waals surface area contributed by atoms with Crippen LogP contribution in [0.4, 0.5) is 43.4 Å². The number of nitrogens with one attached hydrogen (secondary N) is 1. The van der Waals surface area contributed by atoms with Crippen LogP contribution >= 0.6 is 0 Å². The molecule has 0 spiro atoms. The number of nitro groups is 1. The van der Waals surface area contributed by atoms with Gasteiger partial charge in [0.1, 0.15) is 11.8 Å². The van der Waals surface area contributed by atoms with Gasteiger partial charge in [0.15, 0.2) is 0 Å². The van der Waals surface area contributed by atoms with Gasteiger partial charge in [0.25, 0.3) is 5.69 Å². The van der Waals surface area contributed by atoms with Crippen LogP contribution < -0.4 is 10.4 Å². The average Bonchev–Trinajstić information content (AvgIpc) is 3.22. The third-order valence-electron chi connectivity index (χ3n) is 6.75. The van der Waals surface area contributed by atoms with Crippen LogP contribution in [0.25, 0.3) is 11.8 Å². The minimum Gasteiger partial charge on any atom is -0.494 e. The first-order valence-electron chi connectivity index (χ1n) is 12.3. The summed E-state index contributed by atoms with van der Waals surface area (Å²) in [6.07, 6.45) is -9.92. The van der Waals surface area contributed by atoms with Gasteiger partial charge in [-0.25, -0.2) is 4.57 Å². The Balaban J connectivity index is 1.65. The van der Waals surface area contributed by atoms with Crippen LogP contribution in [0.2, 0.25) is 0 Å². The molecule has 0 saturated carbocycles. The summed E-state index contributed by atoms with van der Waals surface area (Å²) in [4.78, 5) is 10.4.